The maximum atomic E-state index is 4.42. The Bertz CT molecular complexity index is 348. The summed E-state index contributed by atoms with van der Waals surface area (Å²) < 4.78 is 3.32. The van der Waals surface area contributed by atoms with Crippen molar-refractivity contribution >= 4 is 15.9 Å². The molecule has 90 valence electrons. The molecule has 0 aromatic carbocycles. The van der Waals surface area contributed by atoms with E-state index in [0.717, 1.165) is 19.0 Å². The van der Waals surface area contributed by atoms with Gasteiger partial charge in [-0.1, -0.05) is 6.42 Å². The third-order valence-electron chi connectivity index (χ3n) is 3.61. The fourth-order valence-electron chi connectivity index (χ4n) is 2.90. The molecule has 1 fully saturated rings. The monoisotopic (exact) mass is 285 g/mol. The summed E-state index contributed by atoms with van der Waals surface area (Å²) in [7, 11) is 2.04. The molecule has 1 aromatic rings. The first-order chi connectivity index (χ1) is 7.77. The highest BCUT2D eigenvalue weighted by atomic mass is 79.9. The first-order valence-corrected chi connectivity index (χ1v) is 6.93. The maximum Gasteiger partial charge on any atom is 0.0635 e. The number of hydrogen-bond donors (Lipinski definition) is 1. The van der Waals surface area contributed by atoms with Crippen molar-refractivity contribution in [2.45, 2.75) is 38.6 Å². The van der Waals surface area contributed by atoms with E-state index >= 15 is 0 Å². The summed E-state index contributed by atoms with van der Waals surface area (Å²) >= 11 is 3.64. The van der Waals surface area contributed by atoms with Gasteiger partial charge in [0.05, 0.1) is 16.4 Å². The molecule has 3 nitrogen and oxygen atoms in total. The molecule has 1 N–H and O–H groups in total. The summed E-state index contributed by atoms with van der Waals surface area (Å²) in [5, 5.41) is 7.74. The SMILES string of the molecule is CCn1ncc(Br)c1C1CCCC1CNC. The largest absolute Gasteiger partial charge is 0.319 e. The van der Waals surface area contributed by atoms with E-state index in [1.165, 1.54) is 29.4 Å². The van der Waals surface area contributed by atoms with Gasteiger partial charge in [-0.3, -0.25) is 4.68 Å². The van der Waals surface area contributed by atoms with Gasteiger partial charge in [0.1, 0.15) is 0 Å². The Kier molecular flexibility index (Phi) is 4.03. The summed E-state index contributed by atoms with van der Waals surface area (Å²) in [6.45, 7) is 4.24. The van der Waals surface area contributed by atoms with Crippen molar-refractivity contribution in [1.29, 1.82) is 0 Å². The van der Waals surface area contributed by atoms with Crippen LogP contribution >= 0.6 is 15.9 Å². The second kappa shape index (κ2) is 5.32. The fourth-order valence-corrected chi connectivity index (χ4v) is 3.49. The number of hydrogen-bond acceptors (Lipinski definition) is 2. The highest BCUT2D eigenvalue weighted by Gasteiger charge is 2.31. The summed E-state index contributed by atoms with van der Waals surface area (Å²) in [4.78, 5) is 0. The predicted molar refractivity (Wildman–Crippen MR) is 69.6 cm³/mol. The molecule has 0 amide bonds. The molecule has 0 bridgehead atoms. The molecule has 0 aliphatic heterocycles. The van der Waals surface area contributed by atoms with Crippen LogP contribution in [0.4, 0.5) is 0 Å². The first-order valence-electron chi connectivity index (χ1n) is 6.13. The molecule has 1 heterocycles. The predicted octanol–water partition coefficient (Wildman–Crippen LogP) is 2.77. The van der Waals surface area contributed by atoms with Crippen LogP contribution in [0.5, 0.6) is 0 Å². The molecular formula is C12H20BrN3. The lowest BCUT2D eigenvalue weighted by atomic mass is 9.92. The zero-order valence-corrected chi connectivity index (χ0v) is 11.6. The van der Waals surface area contributed by atoms with Gasteiger partial charge in [0.15, 0.2) is 0 Å². The molecule has 1 aromatic heterocycles. The quantitative estimate of drug-likeness (QED) is 0.922. The van der Waals surface area contributed by atoms with Gasteiger partial charge in [-0.05, 0) is 55.2 Å². The van der Waals surface area contributed by atoms with Gasteiger partial charge in [-0.2, -0.15) is 5.10 Å². The van der Waals surface area contributed by atoms with E-state index in [9.17, 15) is 0 Å². The molecule has 0 saturated heterocycles. The molecule has 0 spiro atoms. The van der Waals surface area contributed by atoms with Gasteiger partial charge < -0.3 is 5.32 Å². The van der Waals surface area contributed by atoms with Crippen molar-refractivity contribution in [3.8, 4) is 0 Å². The normalized spacial score (nSPS) is 25.2. The number of halogens is 1. The lowest BCUT2D eigenvalue weighted by molar-refractivity contribution is 0.434. The van der Waals surface area contributed by atoms with Crippen molar-refractivity contribution in [3.05, 3.63) is 16.4 Å². The van der Waals surface area contributed by atoms with Gasteiger partial charge in [0.25, 0.3) is 0 Å². The van der Waals surface area contributed by atoms with E-state index in [1.54, 1.807) is 0 Å². The Morgan fingerprint density at radius 1 is 1.56 bits per heavy atom. The second-order valence-corrected chi connectivity index (χ2v) is 5.40. The van der Waals surface area contributed by atoms with Crippen LogP contribution in [-0.4, -0.2) is 23.4 Å². The number of nitrogens with zero attached hydrogens (tertiary/aromatic N) is 2. The molecule has 2 rings (SSSR count). The minimum absolute atomic E-state index is 0.671. The van der Waals surface area contributed by atoms with Crippen LogP contribution < -0.4 is 5.32 Å². The lowest BCUT2D eigenvalue weighted by Crippen LogP contribution is -2.22. The summed E-state index contributed by atoms with van der Waals surface area (Å²) in [6.07, 6.45) is 5.93. The van der Waals surface area contributed by atoms with Crippen molar-refractivity contribution in [2.75, 3.05) is 13.6 Å². The minimum atomic E-state index is 0.671. The minimum Gasteiger partial charge on any atom is -0.319 e. The highest BCUT2D eigenvalue weighted by molar-refractivity contribution is 9.10. The van der Waals surface area contributed by atoms with E-state index in [-0.39, 0.29) is 0 Å². The van der Waals surface area contributed by atoms with Crippen LogP contribution in [0.2, 0.25) is 0 Å². The smallest absolute Gasteiger partial charge is 0.0635 e. The molecule has 4 heteroatoms. The van der Waals surface area contributed by atoms with Crippen LogP contribution in [0, 0.1) is 5.92 Å². The van der Waals surface area contributed by atoms with E-state index in [1.807, 2.05) is 13.2 Å². The van der Waals surface area contributed by atoms with Crippen LogP contribution in [0.25, 0.3) is 0 Å². The molecular weight excluding hydrogens is 266 g/mol. The van der Waals surface area contributed by atoms with E-state index in [4.69, 9.17) is 0 Å². The molecule has 1 aliphatic rings. The van der Waals surface area contributed by atoms with Gasteiger partial charge in [0.2, 0.25) is 0 Å². The van der Waals surface area contributed by atoms with Crippen molar-refractivity contribution in [2.24, 2.45) is 5.92 Å². The van der Waals surface area contributed by atoms with E-state index in [2.05, 4.69) is 38.0 Å². The lowest BCUT2D eigenvalue weighted by Gasteiger charge is -2.20. The molecule has 1 saturated carbocycles. The molecule has 16 heavy (non-hydrogen) atoms. The number of aromatic nitrogens is 2. The summed E-state index contributed by atoms with van der Waals surface area (Å²) in [5.74, 6) is 1.44. The second-order valence-electron chi connectivity index (χ2n) is 4.55. The average Bonchev–Trinajstić information content (AvgIpc) is 2.85. The van der Waals surface area contributed by atoms with Crippen molar-refractivity contribution < 1.29 is 0 Å². The van der Waals surface area contributed by atoms with E-state index in [0.29, 0.717) is 5.92 Å². The molecule has 2 unspecified atom stereocenters. The number of rotatable bonds is 4. The molecule has 0 radical (unpaired) electrons. The van der Waals surface area contributed by atoms with Gasteiger partial charge in [-0.25, -0.2) is 0 Å². The zero-order valence-electron chi connectivity index (χ0n) is 10.0. The zero-order chi connectivity index (χ0) is 11.5. The van der Waals surface area contributed by atoms with Crippen LogP contribution in [0.1, 0.15) is 37.8 Å². The maximum absolute atomic E-state index is 4.42. The Morgan fingerprint density at radius 3 is 3.06 bits per heavy atom. The summed E-state index contributed by atoms with van der Waals surface area (Å²) in [6, 6.07) is 0. The van der Waals surface area contributed by atoms with Crippen LogP contribution in [0.15, 0.2) is 10.7 Å². The standard InChI is InChI=1S/C12H20BrN3/c1-3-16-12(11(13)8-15-16)10-6-4-5-9(10)7-14-2/h8-10,14H,3-7H2,1-2H3. The van der Waals surface area contributed by atoms with Gasteiger partial charge in [-0.15, -0.1) is 0 Å². The highest BCUT2D eigenvalue weighted by Crippen LogP contribution is 2.41. The van der Waals surface area contributed by atoms with Crippen molar-refractivity contribution in [1.82, 2.24) is 15.1 Å². The Balaban J connectivity index is 2.24. The Labute approximate surface area is 106 Å². The number of aryl methyl sites for hydroxylation is 1. The number of nitrogens with one attached hydrogen (secondary N) is 1. The topological polar surface area (TPSA) is 29.9 Å². The Hall–Kier alpha value is -0.350. The Morgan fingerprint density at radius 2 is 2.38 bits per heavy atom. The van der Waals surface area contributed by atoms with Crippen molar-refractivity contribution in [3.63, 3.8) is 0 Å². The van der Waals surface area contributed by atoms with Gasteiger partial charge in [0, 0.05) is 12.5 Å². The average molecular weight is 286 g/mol. The van der Waals surface area contributed by atoms with Crippen LogP contribution in [0.3, 0.4) is 0 Å². The fraction of sp³-hybridized carbons (Fsp3) is 0.750. The summed E-state index contributed by atoms with van der Waals surface area (Å²) in [5.41, 5.74) is 1.40. The van der Waals surface area contributed by atoms with Crippen LogP contribution in [-0.2, 0) is 6.54 Å². The van der Waals surface area contributed by atoms with Gasteiger partial charge >= 0.3 is 0 Å². The van der Waals surface area contributed by atoms with E-state index < -0.39 is 0 Å². The first kappa shape index (κ1) is 12.1. The third-order valence-corrected chi connectivity index (χ3v) is 4.22. The molecule has 1 aliphatic carbocycles. The third kappa shape index (κ3) is 2.18. The molecule has 2 atom stereocenters.